The van der Waals surface area contributed by atoms with Gasteiger partial charge in [-0.15, -0.1) is 0 Å². The van der Waals surface area contributed by atoms with Crippen molar-refractivity contribution >= 4 is 72.2 Å². The number of ketones is 2. The van der Waals surface area contributed by atoms with Crippen LogP contribution in [0.15, 0.2) is 104 Å². The molecule has 58 heavy (non-hydrogen) atoms. The molecule has 0 aromatic heterocycles. The Bertz CT molecular complexity index is 2640. The number of hydrogen-bond acceptors (Lipinski definition) is 14. The minimum absolute atomic E-state index is 0.00807. The molecule has 6 atom stereocenters. The summed E-state index contributed by atoms with van der Waals surface area (Å²) in [5.41, 5.74) is 1.44. The Morgan fingerprint density at radius 2 is 1.57 bits per heavy atom. The van der Waals surface area contributed by atoms with E-state index >= 15 is 0 Å². The van der Waals surface area contributed by atoms with Gasteiger partial charge in [-0.2, -0.15) is 0 Å². The van der Waals surface area contributed by atoms with Crippen molar-refractivity contribution in [2.24, 2.45) is 17.6 Å². The quantitative estimate of drug-likeness (QED) is 0.0795. The number of amides is 2. The number of carbonyl (C=O) groups excluding carboxylic acids is 4. The number of primary amides is 1. The van der Waals surface area contributed by atoms with E-state index < -0.39 is 96.5 Å². The van der Waals surface area contributed by atoms with Gasteiger partial charge in [0.15, 0.2) is 11.4 Å². The minimum Gasteiger partial charge on any atom is -0.508 e. The summed E-state index contributed by atoms with van der Waals surface area (Å²) in [6.07, 6.45) is -1.75. The van der Waals surface area contributed by atoms with Gasteiger partial charge in [-0.3, -0.25) is 24.1 Å². The Morgan fingerprint density at radius 3 is 2.19 bits per heavy atom. The lowest BCUT2D eigenvalue weighted by atomic mass is 9.54. The Balaban J connectivity index is 1.16. The van der Waals surface area contributed by atoms with Crippen molar-refractivity contribution in [1.82, 2.24) is 4.90 Å². The molecule has 0 saturated heterocycles. The summed E-state index contributed by atoms with van der Waals surface area (Å²) in [7, 11) is 2.72. The summed E-state index contributed by atoms with van der Waals surface area (Å²) in [5, 5.41) is 61.3. The van der Waals surface area contributed by atoms with Crippen LogP contribution >= 0.6 is 11.8 Å². The fourth-order valence-corrected chi connectivity index (χ4v) is 10.5. The summed E-state index contributed by atoms with van der Waals surface area (Å²) < 4.78 is 27.1. The lowest BCUT2D eigenvalue weighted by molar-refractivity contribution is -0.169. The largest absolute Gasteiger partial charge is 0.508 e. The highest BCUT2D eigenvalue weighted by Gasteiger charge is 2.68. The van der Waals surface area contributed by atoms with Crippen LogP contribution in [0.25, 0.3) is 16.5 Å². The number of hydrogen-bond donors (Lipinski definition) is 7. The molecule has 3 aliphatic carbocycles. The van der Waals surface area contributed by atoms with Crippen LogP contribution < -0.4 is 16.0 Å². The molecular formula is C41H40N4O11S2. The fourth-order valence-electron chi connectivity index (χ4n) is 8.58. The second-order valence-electron chi connectivity index (χ2n) is 15.0. The van der Waals surface area contributed by atoms with E-state index in [1.807, 2.05) is 37.2 Å². The van der Waals surface area contributed by atoms with Crippen LogP contribution in [0.1, 0.15) is 24.0 Å². The Kier molecular flexibility index (Phi) is 9.97. The highest BCUT2D eigenvalue weighted by atomic mass is 32.2. The normalized spacial score (nSPS) is 24.4. The first kappa shape index (κ1) is 40.5. The first-order chi connectivity index (χ1) is 27.2. The zero-order valence-electron chi connectivity index (χ0n) is 31.8. The highest BCUT2D eigenvalue weighted by Crippen LogP contribution is 2.56. The van der Waals surface area contributed by atoms with Crippen molar-refractivity contribution in [3.63, 3.8) is 0 Å². The molecule has 302 valence electrons. The number of likely N-dealkylation sites (N-methyl/N-ethyl adjacent to an activating group) is 1. The number of anilines is 2. The molecule has 4 aromatic rings. The lowest BCUT2D eigenvalue weighted by Gasteiger charge is -2.53. The number of aliphatic hydroxyl groups excluding tert-OH is 3. The molecule has 0 aliphatic heterocycles. The van der Waals surface area contributed by atoms with E-state index in [9.17, 15) is 53.1 Å². The van der Waals surface area contributed by atoms with Gasteiger partial charge in [0.1, 0.15) is 22.8 Å². The van der Waals surface area contributed by atoms with Gasteiger partial charge in [0, 0.05) is 41.6 Å². The van der Waals surface area contributed by atoms with Gasteiger partial charge in [0.25, 0.3) is 11.1 Å². The molecule has 3 aliphatic rings. The second kappa shape index (κ2) is 14.3. The number of nitrogens with two attached hydrogens (primary N) is 1. The third-order valence-electron chi connectivity index (χ3n) is 11.3. The molecule has 0 bridgehead atoms. The van der Waals surface area contributed by atoms with Crippen LogP contribution in [0.4, 0.5) is 16.2 Å². The first-order valence-corrected chi connectivity index (χ1v) is 20.3. The molecule has 1 saturated carbocycles. The molecule has 0 spiro atoms. The third kappa shape index (κ3) is 6.03. The van der Waals surface area contributed by atoms with Gasteiger partial charge in [-0.1, -0.05) is 31.2 Å². The molecule has 8 N–H and O–H groups in total. The number of benzene rings is 4. The molecule has 0 radical (unpaired) electrons. The maximum Gasteiger partial charge on any atom is 0.288 e. The number of rotatable bonds is 7. The minimum atomic E-state index is -3.92. The van der Waals surface area contributed by atoms with Crippen molar-refractivity contribution in [3.8, 4) is 5.75 Å². The van der Waals surface area contributed by atoms with Gasteiger partial charge in [-0.25, -0.2) is 8.42 Å². The van der Waals surface area contributed by atoms with Gasteiger partial charge < -0.3 is 41.5 Å². The number of phenolic OH excluding ortho intramolecular Hbond substituents is 1. The molecule has 15 nitrogen and oxygen atoms in total. The zero-order chi connectivity index (χ0) is 42.3. The summed E-state index contributed by atoms with van der Waals surface area (Å²) >= 11 is 0.686. The van der Waals surface area contributed by atoms with Gasteiger partial charge in [0.2, 0.25) is 15.6 Å². The van der Waals surface area contributed by atoms with Gasteiger partial charge >= 0.3 is 0 Å². The molecule has 4 aromatic carbocycles. The number of aromatic hydroxyl groups is 1. The molecule has 7 rings (SSSR count). The van der Waals surface area contributed by atoms with Crippen LogP contribution in [-0.2, 0) is 24.2 Å². The van der Waals surface area contributed by atoms with E-state index in [0.29, 0.717) is 16.7 Å². The standard InChI is InChI=1S/C41H40N4O11S2/c1-18-23-15-16-25(43-40(53)57-20-9-11-21(12-10-20)58(55,56)22-13-14-24-19(17-22)7-6-8-26(24)44(2)3)33(46)28(23)34(47)29-27(18)35(48)31-32(45(4)5)36(49)30(39(42)52)38(51)41(31,54)37(29)50/h6-18,27,31-32,35,46-48,51,54H,1-5H3,(H2,42,52)(H,43,53)/t18-,27?,31?,32-,35?,41-/m0/s1. The zero-order valence-corrected chi connectivity index (χ0v) is 33.4. The SMILES string of the molecule is C[C@H]1c2ccc(NC(=O)Sc3ccc(S(=O)(=O)c4ccc5c(N(C)C)cccc5c4)cc3)c(O)c2C(O)=C2C(=O)[C@]3(O)C(O)=C(C(N)=O)C(=O)[C@@H](N(C)C)C3C(O)C21. The number of fused-ring (bicyclic) bond motifs is 4. The average molecular weight is 829 g/mol. The van der Waals surface area contributed by atoms with E-state index in [1.54, 1.807) is 25.1 Å². The number of nitrogens with zero attached hydrogens (tertiary/aromatic N) is 2. The smallest absolute Gasteiger partial charge is 0.288 e. The Labute approximate surface area is 337 Å². The number of carbonyl (C=O) groups is 4. The predicted molar refractivity (Wildman–Crippen MR) is 215 cm³/mol. The van der Waals surface area contributed by atoms with Gasteiger partial charge in [-0.05, 0) is 91.3 Å². The average Bonchev–Trinajstić information content (AvgIpc) is 3.16. The van der Waals surface area contributed by atoms with E-state index in [4.69, 9.17) is 5.73 Å². The third-order valence-corrected chi connectivity index (χ3v) is 13.9. The van der Waals surface area contributed by atoms with E-state index in [1.165, 1.54) is 55.4 Å². The topological polar surface area (TPSA) is 248 Å². The summed E-state index contributed by atoms with van der Waals surface area (Å²) in [4.78, 5) is 56.8. The maximum absolute atomic E-state index is 14.3. The van der Waals surface area contributed by atoms with Crippen molar-refractivity contribution in [3.05, 3.63) is 101 Å². The highest BCUT2D eigenvalue weighted by molar-refractivity contribution is 8.14. The molecule has 3 unspecified atom stereocenters. The number of Topliss-reactive ketones (excluding diaryl/α,β-unsaturated/α-hetero) is 2. The van der Waals surface area contributed by atoms with E-state index in [0.717, 1.165) is 16.5 Å². The second-order valence-corrected chi connectivity index (χ2v) is 18.0. The first-order valence-electron chi connectivity index (χ1n) is 18.0. The number of thioether (sulfide) groups is 1. The molecular weight excluding hydrogens is 789 g/mol. The number of phenols is 1. The van der Waals surface area contributed by atoms with E-state index in [-0.39, 0.29) is 26.6 Å². The van der Waals surface area contributed by atoms with Crippen molar-refractivity contribution in [2.45, 2.75) is 45.3 Å². The molecule has 17 heteroatoms. The van der Waals surface area contributed by atoms with Crippen molar-refractivity contribution in [2.75, 3.05) is 38.4 Å². The van der Waals surface area contributed by atoms with Gasteiger partial charge in [0.05, 0.1) is 39.1 Å². The van der Waals surface area contributed by atoms with Crippen LogP contribution in [0.2, 0.25) is 0 Å². The predicted octanol–water partition coefficient (Wildman–Crippen LogP) is 3.87. The summed E-state index contributed by atoms with van der Waals surface area (Å²) in [6.45, 7) is 1.59. The lowest BCUT2D eigenvalue weighted by Crippen LogP contribution is -2.70. The van der Waals surface area contributed by atoms with Crippen LogP contribution in [0.3, 0.4) is 0 Å². The monoisotopic (exact) mass is 828 g/mol. The molecule has 2 amide bonds. The number of nitrogens with one attached hydrogen (secondary N) is 1. The summed E-state index contributed by atoms with van der Waals surface area (Å²) in [6, 6.07) is 17.5. The maximum atomic E-state index is 14.3. The van der Waals surface area contributed by atoms with Crippen LogP contribution in [0, 0.1) is 11.8 Å². The molecule has 1 fully saturated rings. The van der Waals surface area contributed by atoms with Crippen LogP contribution in [0.5, 0.6) is 5.75 Å². The Hall–Kier alpha value is -5.72. The fraction of sp³-hybridized carbons (Fsp3) is 0.268. The Morgan fingerprint density at radius 1 is 0.914 bits per heavy atom. The summed E-state index contributed by atoms with van der Waals surface area (Å²) in [5.74, 6) is -10.4. The van der Waals surface area contributed by atoms with Crippen LogP contribution in [-0.4, -0.2) is 108 Å². The van der Waals surface area contributed by atoms with Crippen molar-refractivity contribution < 1.29 is 53.1 Å². The molecule has 0 heterocycles. The number of sulfone groups is 1. The van der Waals surface area contributed by atoms with E-state index in [2.05, 4.69) is 5.32 Å². The van der Waals surface area contributed by atoms with Crippen molar-refractivity contribution in [1.29, 1.82) is 0 Å². The number of aliphatic hydroxyl groups is 4.